The molecule has 1 aliphatic heterocycles. The van der Waals surface area contributed by atoms with Crippen LogP contribution in [0.2, 0.25) is 0 Å². The maximum absolute atomic E-state index is 12.0. The highest BCUT2D eigenvalue weighted by Crippen LogP contribution is 2.10. The summed E-state index contributed by atoms with van der Waals surface area (Å²) in [5.74, 6) is -1.08. The second-order valence-corrected chi connectivity index (χ2v) is 2.99. The quantitative estimate of drug-likeness (QED) is 0.651. The molecule has 5 heteroatoms. The largest absolute Gasteiger partial charge is 0.375 e. The summed E-state index contributed by atoms with van der Waals surface area (Å²) in [4.78, 5) is 12.0. The Morgan fingerprint density at radius 2 is 2.38 bits per heavy atom. The number of halogens is 2. The van der Waals surface area contributed by atoms with Crippen molar-refractivity contribution < 1.29 is 18.3 Å². The Kier molecular flexibility index (Phi) is 3.59. The minimum atomic E-state index is -2.89. The van der Waals surface area contributed by atoms with Crippen LogP contribution in [0.25, 0.3) is 0 Å². The van der Waals surface area contributed by atoms with Gasteiger partial charge >= 0.3 is 6.43 Å². The Morgan fingerprint density at radius 3 is 2.92 bits per heavy atom. The van der Waals surface area contributed by atoms with Gasteiger partial charge in [-0.3, -0.25) is 4.79 Å². The smallest absolute Gasteiger partial charge is 0.315 e. The lowest BCUT2D eigenvalue weighted by atomic mass is 10.2. The lowest BCUT2D eigenvalue weighted by molar-refractivity contribution is -0.150. The summed E-state index contributed by atoms with van der Waals surface area (Å²) in [5.41, 5.74) is 0. The Morgan fingerprint density at radius 1 is 1.69 bits per heavy atom. The summed E-state index contributed by atoms with van der Waals surface area (Å²) in [5, 5.41) is 0. The first kappa shape index (κ1) is 10.4. The number of morpholine rings is 1. The molecular formula is C8H13F2NO2. The predicted octanol–water partition coefficient (Wildman–Crippen LogP) is 0.889. The second kappa shape index (κ2) is 4.50. The van der Waals surface area contributed by atoms with Crippen LogP contribution < -0.4 is 0 Å². The topological polar surface area (TPSA) is 29.5 Å². The van der Waals surface area contributed by atoms with Crippen molar-refractivity contribution in [3.05, 3.63) is 0 Å². The minimum Gasteiger partial charge on any atom is -0.375 e. The van der Waals surface area contributed by atoms with E-state index in [1.54, 1.807) is 0 Å². The summed E-state index contributed by atoms with van der Waals surface area (Å²) in [7, 11) is 0. The van der Waals surface area contributed by atoms with Crippen LogP contribution in [0, 0.1) is 0 Å². The summed E-state index contributed by atoms with van der Waals surface area (Å²) < 4.78 is 29.3. The van der Waals surface area contributed by atoms with Gasteiger partial charge in [-0.1, -0.05) is 6.92 Å². The SMILES string of the molecule is CCC1CN(C(=O)C(F)F)CCO1. The molecule has 0 aromatic carbocycles. The van der Waals surface area contributed by atoms with Crippen molar-refractivity contribution in [2.75, 3.05) is 19.7 Å². The number of carbonyl (C=O) groups is 1. The molecule has 0 aromatic rings. The van der Waals surface area contributed by atoms with Crippen LogP contribution in [-0.4, -0.2) is 43.0 Å². The van der Waals surface area contributed by atoms with E-state index in [1.807, 2.05) is 6.92 Å². The number of amides is 1. The van der Waals surface area contributed by atoms with E-state index in [0.717, 1.165) is 6.42 Å². The maximum Gasteiger partial charge on any atom is 0.315 e. The summed E-state index contributed by atoms with van der Waals surface area (Å²) in [6.45, 7) is 2.83. The highest BCUT2D eigenvalue weighted by Gasteiger charge is 2.28. The fraction of sp³-hybridized carbons (Fsp3) is 0.875. The highest BCUT2D eigenvalue weighted by atomic mass is 19.3. The Labute approximate surface area is 75.7 Å². The molecule has 0 spiro atoms. The van der Waals surface area contributed by atoms with Crippen LogP contribution in [0.1, 0.15) is 13.3 Å². The van der Waals surface area contributed by atoms with Crippen molar-refractivity contribution in [1.82, 2.24) is 4.90 Å². The zero-order valence-electron chi connectivity index (χ0n) is 7.50. The molecule has 1 saturated heterocycles. The standard InChI is InChI=1S/C8H13F2NO2/c1-2-6-5-11(3-4-13-6)8(12)7(9)10/h6-7H,2-5H2,1H3. The lowest BCUT2D eigenvalue weighted by Crippen LogP contribution is -2.47. The molecule has 1 atom stereocenters. The van der Waals surface area contributed by atoms with Crippen LogP contribution >= 0.6 is 0 Å². The molecule has 1 amide bonds. The number of nitrogens with zero attached hydrogens (tertiary/aromatic N) is 1. The van der Waals surface area contributed by atoms with Crippen LogP contribution in [0.15, 0.2) is 0 Å². The van der Waals surface area contributed by atoms with Crippen LogP contribution in [0.5, 0.6) is 0 Å². The van der Waals surface area contributed by atoms with E-state index in [4.69, 9.17) is 4.74 Å². The molecular weight excluding hydrogens is 180 g/mol. The molecule has 1 fully saturated rings. The van der Waals surface area contributed by atoms with E-state index < -0.39 is 12.3 Å². The van der Waals surface area contributed by atoms with Crippen molar-refractivity contribution in [3.8, 4) is 0 Å². The third-order valence-corrected chi connectivity index (χ3v) is 2.09. The number of ether oxygens (including phenoxy) is 1. The third-order valence-electron chi connectivity index (χ3n) is 2.09. The van der Waals surface area contributed by atoms with Gasteiger partial charge in [-0.05, 0) is 6.42 Å². The van der Waals surface area contributed by atoms with Gasteiger partial charge < -0.3 is 9.64 Å². The summed E-state index contributed by atoms with van der Waals surface area (Å²) >= 11 is 0. The molecule has 1 aliphatic rings. The molecule has 0 radical (unpaired) electrons. The van der Waals surface area contributed by atoms with Gasteiger partial charge in [0.25, 0.3) is 5.91 Å². The molecule has 0 N–H and O–H groups in total. The number of alkyl halides is 2. The van der Waals surface area contributed by atoms with E-state index >= 15 is 0 Å². The van der Waals surface area contributed by atoms with Crippen LogP contribution in [-0.2, 0) is 9.53 Å². The lowest BCUT2D eigenvalue weighted by Gasteiger charge is -2.32. The third kappa shape index (κ3) is 2.62. The Balaban J connectivity index is 2.46. The van der Waals surface area contributed by atoms with Crippen molar-refractivity contribution in [1.29, 1.82) is 0 Å². The molecule has 76 valence electrons. The zero-order chi connectivity index (χ0) is 9.84. The van der Waals surface area contributed by atoms with Gasteiger partial charge in [-0.2, -0.15) is 8.78 Å². The van der Waals surface area contributed by atoms with Gasteiger partial charge in [0.2, 0.25) is 0 Å². The summed E-state index contributed by atoms with van der Waals surface area (Å²) in [6, 6.07) is 0. The van der Waals surface area contributed by atoms with Gasteiger partial charge in [0.05, 0.1) is 12.7 Å². The number of rotatable bonds is 2. The van der Waals surface area contributed by atoms with Crippen LogP contribution in [0.4, 0.5) is 8.78 Å². The minimum absolute atomic E-state index is 0.0866. The van der Waals surface area contributed by atoms with Gasteiger partial charge in [0.1, 0.15) is 0 Å². The molecule has 1 unspecified atom stereocenters. The first-order chi connectivity index (χ1) is 6.15. The maximum atomic E-state index is 12.0. The number of carbonyl (C=O) groups excluding carboxylic acids is 1. The number of hydrogen-bond donors (Lipinski definition) is 0. The van der Waals surface area contributed by atoms with E-state index in [-0.39, 0.29) is 12.6 Å². The first-order valence-electron chi connectivity index (χ1n) is 4.33. The highest BCUT2D eigenvalue weighted by molar-refractivity contribution is 5.79. The van der Waals surface area contributed by atoms with E-state index in [1.165, 1.54) is 4.90 Å². The molecule has 1 heterocycles. The summed E-state index contributed by atoms with van der Waals surface area (Å²) in [6.07, 6.45) is -2.24. The molecule has 0 aromatic heterocycles. The molecule has 0 bridgehead atoms. The van der Waals surface area contributed by atoms with Crippen molar-refractivity contribution in [2.45, 2.75) is 25.9 Å². The van der Waals surface area contributed by atoms with E-state index in [2.05, 4.69) is 0 Å². The molecule has 1 rings (SSSR count). The number of hydrogen-bond acceptors (Lipinski definition) is 2. The normalized spacial score (nSPS) is 23.7. The predicted molar refractivity (Wildman–Crippen MR) is 42.6 cm³/mol. The van der Waals surface area contributed by atoms with Crippen LogP contribution in [0.3, 0.4) is 0 Å². The Bertz CT molecular complexity index is 187. The second-order valence-electron chi connectivity index (χ2n) is 2.99. The molecule has 0 saturated carbocycles. The molecule has 0 aliphatic carbocycles. The van der Waals surface area contributed by atoms with Crippen molar-refractivity contribution in [2.24, 2.45) is 0 Å². The molecule has 3 nitrogen and oxygen atoms in total. The Hall–Kier alpha value is -0.710. The fourth-order valence-electron chi connectivity index (χ4n) is 1.30. The zero-order valence-corrected chi connectivity index (χ0v) is 7.50. The van der Waals surface area contributed by atoms with Crippen molar-refractivity contribution in [3.63, 3.8) is 0 Å². The average molecular weight is 193 g/mol. The van der Waals surface area contributed by atoms with Gasteiger partial charge in [0.15, 0.2) is 0 Å². The van der Waals surface area contributed by atoms with Gasteiger partial charge in [-0.15, -0.1) is 0 Å². The van der Waals surface area contributed by atoms with Gasteiger partial charge in [-0.25, -0.2) is 0 Å². The fourth-order valence-corrected chi connectivity index (χ4v) is 1.30. The van der Waals surface area contributed by atoms with E-state index in [0.29, 0.717) is 13.2 Å². The average Bonchev–Trinajstić information content (AvgIpc) is 2.16. The van der Waals surface area contributed by atoms with Crippen molar-refractivity contribution >= 4 is 5.91 Å². The first-order valence-corrected chi connectivity index (χ1v) is 4.33. The molecule has 13 heavy (non-hydrogen) atoms. The monoisotopic (exact) mass is 193 g/mol. The van der Waals surface area contributed by atoms with E-state index in [9.17, 15) is 13.6 Å². The van der Waals surface area contributed by atoms with Gasteiger partial charge in [0, 0.05) is 13.1 Å².